The first-order chi connectivity index (χ1) is 7.08. The van der Waals surface area contributed by atoms with Crippen LogP contribution in [0.2, 0.25) is 0 Å². The number of halogens is 2. The number of nitrogens with zero attached hydrogens (tertiary/aromatic N) is 1. The third-order valence-corrected chi connectivity index (χ3v) is 2.93. The lowest BCUT2D eigenvalue weighted by Gasteiger charge is -2.21. The summed E-state index contributed by atoms with van der Waals surface area (Å²) in [5, 5.41) is 9.89. The average Bonchev–Trinajstić information content (AvgIpc) is 2.58. The van der Waals surface area contributed by atoms with E-state index in [0.29, 0.717) is 24.5 Å². The van der Waals surface area contributed by atoms with E-state index in [9.17, 15) is 9.90 Å². The van der Waals surface area contributed by atoms with Crippen molar-refractivity contribution in [3.63, 3.8) is 0 Å². The SMILES string of the molecule is COC(=O)C1CC(O)CN1CC(Cl)=CCl. The molecule has 0 aromatic rings. The Morgan fingerprint density at radius 2 is 2.40 bits per heavy atom. The molecule has 15 heavy (non-hydrogen) atoms. The topological polar surface area (TPSA) is 49.8 Å². The van der Waals surface area contributed by atoms with Gasteiger partial charge in [0.15, 0.2) is 0 Å². The lowest BCUT2D eigenvalue weighted by atomic mass is 10.2. The molecule has 0 amide bonds. The van der Waals surface area contributed by atoms with Crippen LogP contribution >= 0.6 is 23.2 Å². The molecule has 0 aromatic carbocycles. The van der Waals surface area contributed by atoms with Crippen molar-refractivity contribution in [2.75, 3.05) is 20.2 Å². The Morgan fingerprint density at radius 1 is 1.73 bits per heavy atom. The largest absolute Gasteiger partial charge is 0.468 e. The number of aliphatic hydroxyl groups excluding tert-OH is 1. The van der Waals surface area contributed by atoms with E-state index in [1.807, 2.05) is 0 Å². The van der Waals surface area contributed by atoms with E-state index in [1.54, 1.807) is 4.90 Å². The minimum absolute atomic E-state index is 0.349. The van der Waals surface area contributed by atoms with Crippen molar-refractivity contribution in [1.82, 2.24) is 4.90 Å². The van der Waals surface area contributed by atoms with E-state index < -0.39 is 12.1 Å². The molecule has 1 N–H and O–H groups in total. The Kier molecular flexibility index (Phi) is 4.86. The molecular formula is C9H13Cl2NO3. The fraction of sp³-hybridized carbons (Fsp3) is 0.667. The standard InChI is InChI=1S/C9H13Cl2NO3/c1-15-9(14)8-2-7(13)5-12(8)4-6(11)3-10/h3,7-8,13H,2,4-5H2,1H3. The Hall–Kier alpha value is -0.290. The molecule has 0 radical (unpaired) electrons. The van der Waals surface area contributed by atoms with Gasteiger partial charge in [-0.05, 0) is 0 Å². The van der Waals surface area contributed by atoms with Gasteiger partial charge in [0.05, 0.1) is 13.2 Å². The summed E-state index contributed by atoms with van der Waals surface area (Å²) >= 11 is 11.2. The monoisotopic (exact) mass is 253 g/mol. The Bertz CT molecular complexity index is 270. The highest BCUT2D eigenvalue weighted by molar-refractivity contribution is 6.36. The summed E-state index contributed by atoms with van der Waals surface area (Å²) in [6.07, 6.45) is -0.145. The second-order valence-electron chi connectivity index (χ2n) is 3.41. The minimum atomic E-state index is -0.520. The highest BCUT2D eigenvalue weighted by Gasteiger charge is 2.36. The highest BCUT2D eigenvalue weighted by atomic mass is 35.5. The number of β-amino-alcohol motifs (C(OH)–C–C–N with tert-alkyl or cyclic N) is 1. The maximum Gasteiger partial charge on any atom is 0.323 e. The van der Waals surface area contributed by atoms with E-state index in [4.69, 9.17) is 23.2 Å². The average molecular weight is 254 g/mol. The van der Waals surface area contributed by atoms with Crippen LogP contribution in [0.4, 0.5) is 0 Å². The fourth-order valence-corrected chi connectivity index (χ4v) is 1.89. The third-order valence-electron chi connectivity index (χ3n) is 2.33. The first-order valence-electron chi connectivity index (χ1n) is 4.53. The molecule has 2 unspecified atom stereocenters. The molecule has 0 bridgehead atoms. The number of carbonyl (C=O) groups excluding carboxylic acids is 1. The van der Waals surface area contributed by atoms with Gasteiger partial charge in [-0.15, -0.1) is 0 Å². The van der Waals surface area contributed by atoms with Gasteiger partial charge in [0, 0.05) is 30.1 Å². The van der Waals surface area contributed by atoms with Crippen LogP contribution < -0.4 is 0 Å². The molecule has 4 nitrogen and oxygen atoms in total. The zero-order valence-electron chi connectivity index (χ0n) is 8.32. The number of aliphatic hydroxyl groups is 1. The van der Waals surface area contributed by atoms with Gasteiger partial charge in [0.2, 0.25) is 0 Å². The molecular weight excluding hydrogens is 241 g/mol. The minimum Gasteiger partial charge on any atom is -0.468 e. The van der Waals surface area contributed by atoms with Crippen molar-refractivity contribution in [1.29, 1.82) is 0 Å². The normalized spacial score (nSPS) is 28.1. The summed E-state index contributed by atoms with van der Waals surface area (Å²) in [5.41, 5.74) is 1.25. The first kappa shape index (κ1) is 12.8. The van der Waals surface area contributed by atoms with Crippen LogP contribution in [-0.4, -0.2) is 48.3 Å². The van der Waals surface area contributed by atoms with Gasteiger partial charge in [0.25, 0.3) is 0 Å². The predicted octanol–water partition coefficient (Wildman–Crippen LogP) is 0.914. The number of likely N-dealkylation sites (tertiary alicyclic amines) is 1. The zero-order valence-corrected chi connectivity index (χ0v) is 9.83. The second kappa shape index (κ2) is 5.70. The highest BCUT2D eigenvalue weighted by Crippen LogP contribution is 2.21. The van der Waals surface area contributed by atoms with E-state index in [2.05, 4.69) is 4.74 Å². The number of methoxy groups -OCH3 is 1. The van der Waals surface area contributed by atoms with Crippen LogP contribution in [-0.2, 0) is 9.53 Å². The molecule has 86 valence electrons. The predicted molar refractivity (Wildman–Crippen MR) is 57.8 cm³/mol. The van der Waals surface area contributed by atoms with Crippen molar-refractivity contribution in [2.45, 2.75) is 18.6 Å². The van der Waals surface area contributed by atoms with Gasteiger partial charge in [-0.25, -0.2) is 0 Å². The third kappa shape index (κ3) is 3.34. The molecule has 1 saturated heterocycles. The second-order valence-corrected chi connectivity index (χ2v) is 4.12. The van der Waals surface area contributed by atoms with Gasteiger partial charge < -0.3 is 9.84 Å². The summed E-state index contributed by atoms with van der Waals surface area (Å²) in [7, 11) is 1.32. The van der Waals surface area contributed by atoms with Crippen LogP contribution in [0, 0.1) is 0 Å². The molecule has 0 spiro atoms. The van der Waals surface area contributed by atoms with Crippen LogP contribution in [0.25, 0.3) is 0 Å². The van der Waals surface area contributed by atoms with Gasteiger partial charge in [-0.3, -0.25) is 9.69 Å². The molecule has 0 saturated carbocycles. The quantitative estimate of drug-likeness (QED) is 0.761. The first-order valence-corrected chi connectivity index (χ1v) is 5.34. The summed E-state index contributed by atoms with van der Waals surface area (Å²) in [6, 6.07) is -0.435. The summed E-state index contributed by atoms with van der Waals surface area (Å²) in [5.74, 6) is -0.356. The number of hydrogen-bond acceptors (Lipinski definition) is 4. The van der Waals surface area contributed by atoms with Gasteiger partial charge in [0.1, 0.15) is 6.04 Å². The number of rotatable bonds is 3. The molecule has 1 aliphatic rings. The van der Waals surface area contributed by atoms with Crippen molar-refractivity contribution in [2.24, 2.45) is 0 Å². The molecule has 0 aliphatic carbocycles. The van der Waals surface area contributed by atoms with Crippen molar-refractivity contribution >= 4 is 29.2 Å². The summed E-state index contributed by atoms with van der Waals surface area (Å²) in [4.78, 5) is 13.1. The summed E-state index contributed by atoms with van der Waals surface area (Å²) < 4.78 is 4.64. The van der Waals surface area contributed by atoms with Gasteiger partial charge >= 0.3 is 5.97 Å². The Morgan fingerprint density at radius 3 is 2.93 bits per heavy atom. The number of carbonyl (C=O) groups is 1. The van der Waals surface area contributed by atoms with E-state index in [1.165, 1.54) is 12.6 Å². The van der Waals surface area contributed by atoms with Crippen LogP contribution in [0.15, 0.2) is 10.6 Å². The van der Waals surface area contributed by atoms with Gasteiger partial charge in [-0.1, -0.05) is 23.2 Å². The van der Waals surface area contributed by atoms with Crippen molar-refractivity contribution in [3.8, 4) is 0 Å². The van der Waals surface area contributed by atoms with Crippen LogP contribution in [0.3, 0.4) is 0 Å². The Balaban J connectivity index is 2.64. The Labute approximate surface area is 98.4 Å². The molecule has 0 aromatic heterocycles. The lowest BCUT2D eigenvalue weighted by molar-refractivity contribution is -0.145. The molecule has 1 heterocycles. The van der Waals surface area contributed by atoms with Crippen LogP contribution in [0.5, 0.6) is 0 Å². The van der Waals surface area contributed by atoms with Crippen LogP contribution in [0.1, 0.15) is 6.42 Å². The molecule has 1 aliphatic heterocycles. The molecule has 1 rings (SSSR count). The van der Waals surface area contributed by atoms with Crippen molar-refractivity contribution < 1.29 is 14.6 Å². The van der Waals surface area contributed by atoms with E-state index >= 15 is 0 Å². The maximum absolute atomic E-state index is 11.4. The smallest absolute Gasteiger partial charge is 0.323 e. The number of esters is 1. The van der Waals surface area contributed by atoms with E-state index in [0.717, 1.165) is 0 Å². The van der Waals surface area contributed by atoms with E-state index in [-0.39, 0.29) is 5.97 Å². The fourth-order valence-electron chi connectivity index (χ4n) is 1.66. The molecule has 1 fully saturated rings. The lowest BCUT2D eigenvalue weighted by Crippen LogP contribution is -2.37. The number of ether oxygens (including phenoxy) is 1. The van der Waals surface area contributed by atoms with Gasteiger partial charge in [-0.2, -0.15) is 0 Å². The molecule has 6 heteroatoms. The zero-order chi connectivity index (χ0) is 11.4. The number of hydrogen-bond donors (Lipinski definition) is 1. The summed E-state index contributed by atoms with van der Waals surface area (Å²) in [6.45, 7) is 0.753. The maximum atomic E-state index is 11.4. The molecule has 2 atom stereocenters. The van der Waals surface area contributed by atoms with Crippen molar-refractivity contribution in [3.05, 3.63) is 10.6 Å².